The molecule has 2 aliphatic rings. The predicted octanol–water partition coefficient (Wildman–Crippen LogP) is 2.47. The Kier molecular flexibility index (Phi) is 6.54. The Morgan fingerprint density at radius 2 is 1.92 bits per heavy atom. The van der Waals surface area contributed by atoms with E-state index >= 15 is 0 Å². The van der Waals surface area contributed by atoms with Gasteiger partial charge < -0.3 is 15.4 Å². The number of nitrogens with one attached hydrogen (secondary N) is 2. The summed E-state index contributed by atoms with van der Waals surface area (Å²) in [6, 6.07) is 1.65. The number of ether oxygens (including phenoxy) is 1. The van der Waals surface area contributed by atoms with Crippen molar-refractivity contribution in [2.45, 2.75) is 78.6 Å². The summed E-state index contributed by atoms with van der Waals surface area (Å²) in [6.07, 6.45) is 2.71. The Morgan fingerprint density at radius 3 is 2.50 bits per heavy atom. The third-order valence-electron chi connectivity index (χ3n) is 5.83. The van der Waals surface area contributed by atoms with Crippen molar-refractivity contribution in [2.75, 3.05) is 26.7 Å². The summed E-state index contributed by atoms with van der Waals surface area (Å²) in [4.78, 5) is 6.95. The molecule has 1 heterocycles. The molecule has 0 bridgehead atoms. The highest BCUT2D eigenvalue weighted by molar-refractivity contribution is 5.80. The van der Waals surface area contributed by atoms with Crippen molar-refractivity contribution in [3.05, 3.63) is 0 Å². The lowest BCUT2D eigenvalue weighted by Crippen LogP contribution is -2.68. The van der Waals surface area contributed by atoms with Crippen LogP contribution < -0.4 is 10.6 Å². The van der Waals surface area contributed by atoms with E-state index < -0.39 is 0 Å². The third-order valence-corrected chi connectivity index (χ3v) is 5.83. The van der Waals surface area contributed by atoms with Gasteiger partial charge in [0.15, 0.2) is 5.96 Å². The molecule has 0 spiro atoms. The van der Waals surface area contributed by atoms with Crippen LogP contribution in [0.3, 0.4) is 0 Å². The highest BCUT2D eigenvalue weighted by Gasteiger charge is 2.59. The van der Waals surface area contributed by atoms with Crippen molar-refractivity contribution in [2.24, 2.45) is 16.3 Å². The molecule has 24 heavy (non-hydrogen) atoms. The van der Waals surface area contributed by atoms with Crippen molar-refractivity contribution < 1.29 is 4.74 Å². The van der Waals surface area contributed by atoms with Gasteiger partial charge in [0.05, 0.1) is 6.10 Å². The van der Waals surface area contributed by atoms with Gasteiger partial charge in [-0.05, 0) is 40.5 Å². The van der Waals surface area contributed by atoms with Crippen LogP contribution in [0.1, 0.15) is 54.4 Å². The van der Waals surface area contributed by atoms with Gasteiger partial charge >= 0.3 is 0 Å². The summed E-state index contributed by atoms with van der Waals surface area (Å²) < 4.78 is 5.88. The smallest absolute Gasteiger partial charge is 0.191 e. The zero-order chi connectivity index (χ0) is 17.9. The van der Waals surface area contributed by atoms with Crippen LogP contribution in [-0.4, -0.2) is 61.8 Å². The van der Waals surface area contributed by atoms with Gasteiger partial charge in [-0.1, -0.05) is 13.8 Å². The molecule has 1 saturated carbocycles. The molecule has 0 radical (unpaired) electrons. The third kappa shape index (κ3) is 4.05. The fourth-order valence-electron chi connectivity index (χ4n) is 4.54. The van der Waals surface area contributed by atoms with E-state index in [0.29, 0.717) is 30.1 Å². The first-order chi connectivity index (χ1) is 11.3. The maximum Gasteiger partial charge on any atom is 0.191 e. The number of guanidine groups is 1. The number of hydrogen-bond donors (Lipinski definition) is 2. The van der Waals surface area contributed by atoms with Gasteiger partial charge in [-0.25, -0.2) is 0 Å². The first-order valence-electron chi connectivity index (χ1n) is 9.63. The molecule has 5 heteroatoms. The molecular formula is C19H38N4O. The van der Waals surface area contributed by atoms with Gasteiger partial charge in [-0.2, -0.15) is 0 Å². The lowest BCUT2D eigenvalue weighted by Gasteiger charge is -2.54. The van der Waals surface area contributed by atoms with E-state index in [1.807, 2.05) is 7.05 Å². The zero-order valence-corrected chi connectivity index (χ0v) is 16.7. The number of nitrogens with zero attached hydrogens (tertiary/aromatic N) is 2. The van der Waals surface area contributed by atoms with E-state index in [4.69, 9.17) is 4.74 Å². The Morgan fingerprint density at radius 1 is 1.25 bits per heavy atom. The van der Waals surface area contributed by atoms with Crippen molar-refractivity contribution in [1.29, 1.82) is 0 Å². The summed E-state index contributed by atoms with van der Waals surface area (Å²) in [5.41, 5.74) is 0.185. The molecule has 0 aromatic rings. The molecule has 3 unspecified atom stereocenters. The van der Waals surface area contributed by atoms with Gasteiger partial charge in [0, 0.05) is 56.2 Å². The minimum absolute atomic E-state index is 0.185. The summed E-state index contributed by atoms with van der Waals surface area (Å²) >= 11 is 0. The monoisotopic (exact) mass is 338 g/mol. The normalized spacial score (nSPS) is 29.1. The van der Waals surface area contributed by atoms with Gasteiger partial charge in [0.25, 0.3) is 0 Å². The van der Waals surface area contributed by atoms with E-state index in [0.717, 1.165) is 32.1 Å². The van der Waals surface area contributed by atoms with E-state index in [9.17, 15) is 0 Å². The van der Waals surface area contributed by atoms with Crippen LogP contribution in [0.25, 0.3) is 0 Å². The molecule has 1 aliphatic carbocycles. The maximum absolute atomic E-state index is 5.88. The lowest BCUT2D eigenvalue weighted by atomic mass is 9.57. The molecule has 2 rings (SSSR count). The molecule has 0 aromatic heterocycles. The topological polar surface area (TPSA) is 48.9 Å². The molecule has 1 saturated heterocycles. The van der Waals surface area contributed by atoms with E-state index in [1.54, 1.807) is 0 Å². The van der Waals surface area contributed by atoms with Crippen LogP contribution in [0, 0.1) is 11.3 Å². The lowest BCUT2D eigenvalue weighted by molar-refractivity contribution is -0.106. The summed E-state index contributed by atoms with van der Waals surface area (Å²) in [7, 11) is 1.86. The Labute approximate surface area is 148 Å². The van der Waals surface area contributed by atoms with Crippen molar-refractivity contribution in [3.8, 4) is 0 Å². The van der Waals surface area contributed by atoms with Crippen LogP contribution in [0.5, 0.6) is 0 Å². The van der Waals surface area contributed by atoms with E-state index in [1.165, 1.54) is 6.42 Å². The number of hydrogen-bond acceptors (Lipinski definition) is 3. The fourth-order valence-corrected chi connectivity index (χ4v) is 4.54. The fraction of sp³-hybridized carbons (Fsp3) is 0.947. The second-order valence-corrected chi connectivity index (χ2v) is 8.47. The second kappa shape index (κ2) is 8.05. The van der Waals surface area contributed by atoms with Crippen LogP contribution in [0.2, 0.25) is 0 Å². The maximum atomic E-state index is 5.88. The van der Waals surface area contributed by atoms with E-state index in [-0.39, 0.29) is 5.41 Å². The van der Waals surface area contributed by atoms with Gasteiger partial charge in [0.2, 0.25) is 0 Å². The van der Waals surface area contributed by atoms with Crippen LogP contribution in [-0.2, 0) is 4.74 Å². The van der Waals surface area contributed by atoms with Crippen LogP contribution in [0.15, 0.2) is 4.99 Å². The van der Waals surface area contributed by atoms with Gasteiger partial charge in [-0.15, -0.1) is 0 Å². The second-order valence-electron chi connectivity index (χ2n) is 8.47. The molecule has 0 amide bonds. The standard InChI is InChI=1S/C19H38N4O/c1-13(2)23(14(3)4)11-8-10-21-18(20-7)22-16-15-9-12-24-17(15)19(16,5)6/h13-17H,8-12H2,1-7H3,(H2,20,21,22). The minimum Gasteiger partial charge on any atom is -0.377 e. The minimum atomic E-state index is 0.185. The molecular weight excluding hydrogens is 300 g/mol. The SMILES string of the molecule is CN=C(NCCCN(C(C)C)C(C)C)NC1C2CCOC2C1(C)C. The molecule has 2 N–H and O–H groups in total. The molecule has 5 nitrogen and oxygen atoms in total. The Balaban J connectivity index is 1.75. The first-order valence-corrected chi connectivity index (χ1v) is 9.63. The van der Waals surface area contributed by atoms with Gasteiger partial charge in [0.1, 0.15) is 0 Å². The van der Waals surface area contributed by atoms with E-state index in [2.05, 4.69) is 62.1 Å². The highest BCUT2D eigenvalue weighted by Crippen LogP contribution is 2.52. The summed E-state index contributed by atoms with van der Waals surface area (Å²) in [5, 5.41) is 7.13. The van der Waals surface area contributed by atoms with Gasteiger partial charge in [-0.3, -0.25) is 9.89 Å². The molecule has 140 valence electrons. The van der Waals surface area contributed by atoms with Crippen LogP contribution in [0.4, 0.5) is 0 Å². The molecule has 0 aromatic carbocycles. The number of rotatable bonds is 7. The quantitative estimate of drug-likeness (QED) is 0.425. The predicted molar refractivity (Wildman–Crippen MR) is 102 cm³/mol. The van der Waals surface area contributed by atoms with Crippen molar-refractivity contribution in [3.63, 3.8) is 0 Å². The van der Waals surface area contributed by atoms with Crippen molar-refractivity contribution in [1.82, 2.24) is 15.5 Å². The Hall–Kier alpha value is -0.810. The average Bonchev–Trinajstić information content (AvgIpc) is 2.96. The number of fused-ring (bicyclic) bond motifs is 1. The van der Waals surface area contributed by atoms with Crippen LogP contribution >= 0.6 is 0 Å². The highest BCUT2D eigenvalue weighted by atomic mass is 16.5. The first kappa shape index (κ1) is 19.5. The Bertz CT molecular complexity index is 425. The summed E-state index contributed by atoms with van der Waals surface area (Å²) in [5.74, 6) is 1.56. The number of aliphatic imine (C=N–C) groups is 1. The zero-order valence-electron chi connectivity index (χ0n) is 16.7. The summed E-state index contributed by atoms with van der Waals surface area (Å²) in [6.45, 7) is 16.7. The largest absolute Gasteiger partial charge is 0.377 e. The molecule has 1 aliphatic heterocycles. The van der Waals surface area contributed by atoms with Crippen molar-refractivity contribution >= 4 is 5.96 Å². The molecule has 3 atom stereocenters. The molecule has 2 fully saturated rings. The average molecular weight is 339 g/mol.